The van der Waals surface area contributed by atoms with E-state index in [1.165, 1.54) is 6.07 Å². The lowest BCUT2D eigenvalue weighted by atomic mass is 10.2. The highest BCUT2D eigenvalue weighted by atomic mass is 16.5. The maximum atomic E-state index is 11.9. The summed E-state index contributed by atoms with van der Waals surface area (Å²) in [4.78, 5) is 11.9. The van der Waals surface area contributed by atoms with Crippen LogP contribution in [0.2, 0.25) is 0 Å². The molecule has 5 nitrogen and oxygen atoms in total. The van der Waals surface area contributed by atoms with Crippen LogP contribution in [0.1, 0.15) is 25.2 Å². The predicted octanol–water partition coefficient (Wildman–Crippen LogP) is 3.87. The Labute approximate surface area is 147 Å². The fourth-order valence-electron chi connectivity index (χ4n) is 2.26. The van der Waals surface area contributed by atoms with Crippen molar-refractivity contribution in [2.24, 2.45) is 5.73 Å². The summed E-state index contributed by atoms with van der Waals surface area (Å²) in [6, 6.07) is 14.2. The van der Waals surface area contributed by atoms with Crippen LogP contribution in [0.25, 0.3) is 11.0 Å². The normalized spacial score (nSPS) is 10.1. The quantitative estimate of drug-likeness (QED) is 0.762. The third kappa shape index (κ3) is 4.61. The molecule has 3 rings (SSSR count). The SMILES string of the molecule is CC.COc1ccc(COc2ccc3c(=O)cc(CN)oc3c2)cc1. The Morgan fingerprint density at radius 2 is 1.68 bits per heavy atom. The molecule has 1 heterocycles. The summed E-state index contributed by atoms with van der Waals surface area (Å²) in [5.41, 5.74) is 6.92. The molecule has 0 saturated carbocycles. The molecule has 2 aromatic carbocycles. The number of benzene rings is 2. The molecular formula is C20H23NO4. The first-order valence-corrected chi connectivity index (χ1v) is 8.22. The summed E-state index contributed by atoms with van der Waals surface area (Å²) in [6.07, 6.45) is 0. The highest BCUT2D eigenvalue weighted by Gasteiger charge is 2.06. The molecule has 132 valence electrons. The van der Waals surface area contributed by atoms with E-state index in [1.54, 1.807) is 25.3 Å². The number of rotatable bonds is 5. The van der Waals surface area contributed by atoms with E-state index in [0.717, 1.165) is 11.3 Å². The van der Waals surface area contributed by atoms with E-state index in [2.05, 4.69) is 0 Å². The van der Waals surface area contributed by atoms with Gasteiger partial charge < -0.3 is 19.6 Å². The van der Waals surface area contributed by atoms with Crippen LogP contribution in [-0.2, 0) is 13.2 Å². The van der Waals surface area contributed by atoms with Gasteiger partial charge in [0.2, 0.25) is 0 Å². The fourth-order valence-corrected chi connectivity index (χ4v) is 2.26. The lowest BCUT2D eigenvalue weighted by Crippen LogP contribution is -2.05. The minimum Gasteiger partial charge on any atom is -0.497 e. The van der Waals surface area contributed by atoms with E-state index in [1.807, 2.05) is 38.1 Å². The van der Waals surface area contributed by atoms with Crippen LogP contribution in [-0.4, -0.2) is 7.11 Å². The van der Waals surface area contributed by atoms with Gasteiger partial charge in [-0.1, -0.05) is 26.0 Å². The topological polar surface area (TPSA) is 74.7 Å². The minimum atomic E-state index is -0.103. The van der Waals surface area contributed by atoms with Crippen LogP contribution in [0.3, 0.4) is 0 Å². The zero-order valence-electron chi connectivity index (χ0n) is 14.7. The van der Waals surface area contributed by atoms with Crippen molar-refractivity contribution in [2.45, 2.75) is 27.0 Å². The van der Waals surface area contributed by atoms with E-state index in [4.69, 9.17) is 19.6 Å². The third-order valence-electron chi connectivity index (χ3n) is 3.52. The summed E-state index contributed by atoms with van der Waals surface area (Å²) in [7, 11) is 1.63. The highest BCUT2D eigenvalue weighted by molar-refractivity contribution is 5.77. The molecule has 0 aliphatic carbocycles. The number of hydrogen-bond acceptors (Lipinski definition) is 5. The van der Waals surface area contributed by atoms with Crippen molar-refractivity contribution in [1.82, 2.24) is 0 Å². The third-order valence-corrected chi connectivity index (χ3v) is 3.52. The van der Waals surface area contributed by atoms with Crippen molar-refractivity contribution >= 4 is 11.0 Å². The molecule has 0 aliphatic rings. The Balaban J connectivity index is 0.00000109. The number of methoxy groups -OCH3 is 1. The second-order valence-electron chi connectivity index (χ2n) is 5.08. The number of hydrogen-bond donors (Lipinski definition) is 1. The van der Waals surface area contributed by atoms with Crippen molar-refractivity contribution in [1.29, 1.82) is 0 Å². The molecule has 2 N–H and O–H groups in total. The van der Waals surface area contributed by atoms with E-state index in [-0.39, 0.29) is 12.0 Å². The Kier molecular flexibility index (Phi) is 6.60. The first kappa shape index (κ1) is 18.5. The number of fused-ring (bicyclic) bond motifs is 1. The zero-order chi connectivity index (χ0) is 18.2. The maximum absolute atomic E-state index is 11.9. The van der Waals surface area contributed by atoms with Crippen molar-refractivity contribution in [3.8, 4) is 11.5 Å². The van der Waals surface area contributed by atoms with Crippen molar-refractivity contribution in [3.05, 3.63) is 70.1 Å². The van der Waals surface area contributed by atoms with Crippen LogP contribution >= 0.6 is 0 Å². The van der Waals surface area contributed by atoms with Gasteiger partial charge in [0, 0.05) is 12.1 Å². The predicted molar refractivity (Wildman–Crippen MR) is 99.0 cm³/mol. The highest BCUT2D eigenvalue weighted by Crippen LogP contribution is 2.21. The molecule has 0 fully saturated rings. The second kappa shape index (κ2) is 8.89. The molecule has 0 amide bonds. The molecule has 5 heteroatoms. The minimum absolute atomic E-state index is 0.103. The van der Waals surface area contributed by atoms with Crippen molar-refractivity contribution in [2.75, 3.05) is 7.11 Å². The largest absolute Gasteiger partial charge is 0.497 e. The van der Waals surface area contributed by atoms with E-state index < -0.39 is 0 Å². The molecular weight excluding hydrogens is 318 g/mol. The average Bonchev–Trinajstić information content (AvgIpc) is 2.68. The number of ether oxygens (including phenoxy) is 2. The number of nitrogens with two attached hydrogens (primary N) is 1. The Hall–Kier alpha value is -2.79. The van der Waals surface area contributed by atoms with E-state index in [9.17, 15) is 4.79 Å². The van der Waals surface area contributed by atoms with Gasteiger partial charge in [-0.2, -0.15) is 0 Å². The summed E-state index contributed by atoms with van der Waals surface area (Å²) in [6.45, 7) is 4.60. The van der Waals surface area contributed by atoms with Gasteiger partial charge in [0.05, 0.1) is 19.0 Å². The molecule has 0 unspecified atom stereocenters. The van der Waals surface area contributed by atoms with Gasteiger partial charge in [0.15, 0.2) is 5.43 Å². The molecule has 0 bridgehead atoms. The summed E-state index contributed by atoms with van der Waals surface area (Å²) < 4.78 is 16.5. The molecule has 0 saturated heterocycles. The molecule has 0 radical (unpaired) electrons. The summed E-state index contributed by atoms with van der Waals surface area (Å²) >= 11 is 0. The Bertz CT molecular complexity index is 869. The molecule has 0 atom stereocenters. The molecule has 1 aromatic heterocycles. The van der Waals surface area contributed by atoms with Gasteiger partial charge in [0.1, 0.15) is 29.4 Å². The molecule has 0 spiro atoms. The second-order valence-corrected chi connectivity index (χ2v) is 5.08. The van der Waals surface area contributed by atoms with Gasteiger partial charge in [-0.3, -0.25) is 4.79 Å². The van der Waals surface area contributed by atoms with Crippen molar-refractivity contribution in [3.63, 3.8) is 0 Å². The smallest absolute Gasteiger partial charge is 0.193 e. The first-order valence-electron chi connectivity index (χ1n) is 8.22. The van der Waals surface area contributed by atoms with Gasteiger partial charge in [-0.15, -0.1) is 0 Å². The van der Waals surface area contributed by atoms with Gasteiger partial charge in [0.25, 0.3) is 0 Å². The zero-order valence-corrected chi connectivity index (χ0v) is 14.7. The van der Waals surface area contributed by atoms with Crippen LogP contribution < -0.4 is 20.6 Å². The summed E-state index contributed by atoms with van der Waals surface area (Å²) in [5.74, 6) is 1.89. The van der Waals surface area contributed by atoms with E-state index in [0.29, 0.717) is 29.1 Å². The molecule has 3 aromatic rings. The molecule has 0 aliphatic heterocycles. The van der Waals surface area contributed by atoms with Crippen LogP contribution in [0.5, 0.6) is 11.5 Å². The van der Waals surface area contributed by atoms with Gasteiger partial charge in [-0.05, 0) is 29.8 Å². The monoisotopic (exact) mass is 341 g/mol. The fraction of sp³-hybridized carbons (Fsp3) is 0.250. The van der Waals surface area contributed by atoms with Gasteiger partial charge in [-0.25, -0.2) is 0 Å². The van der Waals surface area contributed by atoms with Crippen LogP contribution in [0, 0.1) is 0 Å². The van der Waals surface area contributed by atoms with E-state index >= 15 is 0 Å². The standard InChI is InChI=1S/C18H17NO4.C2H6/c1-21-13-4-2-12(3-5-13)11-22-14-6-7-16-17(20)8-15(10-19)23-18(16)9-14;1-2/h2-9H,10-11,19H2,1H3;1-2H3. The maximum Gasteiger partial charge on any atom is 0.193 e. The average molecular weight is 341 g/mol. The van der Waals surface area contributed by atoms with Crippen LogP contribution in [0.4, 0.5) is 0 Å². The molecule has 25 heavy (non-hydrogen) atoms. The Morgan fingerprint density at radius 3 is 2.32 bits per heavy atom. The van der Waals surface area contributed by atoms with Crippen molar-refractivity contribution < 1.29 is 13.9 Å². The van der Waals surface area contributed by atoms with Gasteiger partial charge >= 0.3 is 0 Å². The Morgan fingerprint density at radius 1 is 1.00 bits per heavy atom. The van der Waals surface area contributed by atoms with Crippen LogP contribution in [0.15, 0.2) is 57.7 Å². The summed E-state index contributed by atoms with van der Waals surface area (Å²) in [5, 5.41) is 0.513. The first-order chi connectivity index (χ1) is 12.2. The lowest BCUT2D eigenvalue weighted by molar-refractivity contribution is 0.306. The lowest BCUT2D eigenvalue weighted by Gasteiger charge is -2.08.